The summed E-state index contributed by atoms with van der Waals surface area (Å²) < 4.78 is 31.6. The topological polar surface area (TPSA) is 182 Å². The summed E-state index contributed by atoms with van der Waals surface area (Å²) in [6.45, 7) is 12.2. The predicted molar refractivity (Wildman–Crippen MR) is 201 cm³/mol. The lowest BCUT2D eigenvalue weighted by Crippen LogP contribution is -2.65. The maximum absolute atomic E-state index is 13.4. The monoisotopic (exact) mass is 851 g/mol. The second-order valence-corrected chi connectivity index (χ2v) is 16.3. The highest BCUT2D eigenvalue weighted by molar-refractivity contribution is 14.1. The van der Waals surface area contributed by atoms with E-state index in [0.717, 1.165) is 11.9 Å². The van der Waals surface area contributed by atoms with Gasteiger partial charge in [-0.05, 0) is 66.6 Å². The maximum Gasteiger partial charge on any atom is 0.308 e. The second kappa shape index (κ2) is 20.0. The standard InChI is InChI=1S/C38H62INO12/c1-10-29-26(19-39)15-20(2)11-12-27(42)21(3)16-25(13-14-41)34(22(4)28(43)17-30(44)50-29)52-37-33(45)32(40(8)9)35(23(5)49-37)51-31-18-38(7,47)36(46)24(6)48-31/h11-12,14-15,21-26,28-29,31-37,43,45-47H,10,13,16-19H2,1-9H3/b12-11+,20-15+/t21-,22+,23-,24+,25?,26-,28-,29-,31+,32-,33-,34-,35-,36+,37+,38-/m1/s1. The molecule has 52 heavy (non-hydrogen) atoms. The van der Waals surface area contributed by atoms with Gasteiger partial charge in [0, 0.05) is 35.0 Å². The minimum Gasteiger partial charge on any atom is -0.462 e. The Morgan fingerprint density at radius 2 is 1.71 bits per heavy atom. The molecule has 0 bridgehead atoms. The third-order valence-electron chi connectivity index (χ3n) is 10.8. The molecular weight excluding hydrogens is 789 g/mol. The molecule has 3 rings (SSSR count). The van der Waals surface area contributed by atoms with E-state index in [1.165, 1.54) is 13.0 Å². The Labute approximate surface area is 322 Å². The first-order chi connectivity index (χ1) is 24.3. The van der Waals surface area contributed by atoms with Crippen LogP contribution in [0.5, 0.6) is 0 Å². The van der Waals surface area contributed by atoms with Crippen molar-refractivity contribution in [2.45, 2.75) is 154 Å². The first kappa shape index (κ1) is 45.1. The Hall–Kier alpha value is -1.34. The summed E-state index contributed by atoms with van der Waals surface area (Å²) in [7, 11) is 3.54. The van der Waals surface area contributed by atoms with Crippen LogP contribution >= 0.6 is 22.6 Å². The van der Waals surface area contributed by atoms with Gasteiger partial charge >= 0.3 is 5.97 Å². The zero-order valence-electron chi connectivity index (χ0n) is 32.1. The zero-order valence-corrected chi connectivity index (χ0v) is 34.2. The van der Waals surface area contributed by atoms with Gasteiger partial charge in [0.05, 0.1) is 42.5 Å². The van der Waals surface area contributed by atoms with Crippen molar-refractivity contribution in [3.63, 3.8) is 0 Å². The van der Waals surface area contributed by atoms with E-state index >= 15 is 0 Å². The maximum atomic E-state index is 13.4. The molecule has 298 valence electrons. The Bertz CT molecular complexity index is 1240. The average molecular weight is 852 g/mol. The van der Waals surface area contributed by atoms with E-state index in [0.29, 0.717) is 10.8 Å². The van der Waals surface area contributed by atoms with Crippen molar-refractivity contribution >= 4 is 40.6 Å². The first-order valence-electron chi connectivity index (χ1n) is 18.5. The largest absolute Gasteiger partial charge is 0.462 e. The number of alkyl halides is 1. The molecule has 0 saturated carbocycles. The van der Waals surface area contributed by atoms with Crippen molar-refractivity contribution < 1.29 is 58.5 Å². The SMILES string of the molecule is CC[C@H]1OC(=O)C[C@@H](O)[C@H](C)[C@@H](O[C@@H]2O[C@H](C)[C@@H](O[C@H]3C[C@@](C)(O)[C@@H](O)[C@H](C)O3)[C@H](N(C)C)[C@H]2O)C(CC=O)C[C@@H](C)C(=O)/C=C/C(C)=C/[C@@H]1CI. The number of ether oxygens (including phenoxy) is 5. The van der Waals surface area contributed by atoms with Gasteiger partial charge in [0.2, 0.25) is 0 Å². The summed E-state index contributed by atoms with van der Waals surface area (Å²) in [5.74, 6) is -2.65. The van der Waals surface area contributed by atoms with E-state index in [1.54, 1.807) is 52.8 Å². The number of aliphatic hydroxyl groups is 4. The van der Waals surface area contributed by atoms with Crippen LogP contribution < -0.4 is 0 Å². The smallest absolute Gasteiger partial charge is 0.308 e. The van der Waals surface area contributed by atoms with Gasteiger partial charge < -0.3 is 53.8 Å². The van der Waals surface area contributed by atoms with Gasteiger partial charge in [-0.1, -0.05) is 61.1 Å². The summed E-state index contributed by atoms with van der Waals surface area (Å²) in [5, 5.41) is 44.5. The van der Waals surface area contributed by atoms with E-state index in [9.17, 15) is 34.8 Å². The molecule has 2 fully saturated rings. The minimum atomic E-state index is -1.46. The molecular formula is C38H62INO12. The fourth-order valence-corrected chi connectivity index (χ4v) is 8.47. The summed E-state index contributed by atoms with van der Waals surface area (Å²) >= 11 is 2.25. The number of rotatable bonds is 9. The Morgan fingerprint density at radius 3 is 2.29 bits per heavy atom. The van der Waals surface area contributed by atoms with Crippen LogP contribution in [0.25, 0.3) is 0 Å². The van der Waals surface area contributed by atoms with Crippen molar-refractivity contribution in [1.82, 2.24) is 4.90 Å². The van der Waals surface area contributed by atoms with Gasteiger partial charge in [0.1, 0.15) is 30.7 Å². The van der Waals surface area contributed by atoms with E-state index in [2.05, 4.69) is 22.6 Å². The molecule has 3 aliphatic rings. The first-order valence-corrected chi connectivity index (χ1v) is 20.0. The number of hydrogen-bond donors (Lipinski definition) is 4. The molecule has 2 saturated heterocycles. The van der Waals surface area contributed by atoms with Crippen LogP contribution in [0.15, 0.2) is 23.8 Å². The van der Waals surface area contributed by atoms with Crippen molar-refractivity contribution in [3.8, 4) is 0 Å². The van der Waals surface area contributed by atoms with Crippen molar-refractivity contribution in [1.29, 1.82) is 0 Å². The number of carbonyl (C=O) groups is 3. The van der Waals surface area contributed by atoms with Gasteiger partial charge in [-0.2, -0.15) is 0 Å². The lowest BCUT2D eigenvalue weighted by molar-refractivity contribution is -0.341. The molecule has 3 aliphatic heterocycles. The number of aldehydes is 1. The van der Waals surface area contributed by atoms with Gasteiger partial charge in [-0.15, -0.1) is 0 Å². The predicted octanol–water partition coefficient (Wildman–Crippen LogP) is 3.12. The van der Waals surface area contributed by atoms with E-state index in [4.69, 9.17) is 23.7 Å². The van der Waals surface area contributed by atoms with E-state index < -0.39 is 96.8 Å². The molecule has 13 nitrogen and oxygen atoms in total. The number of esters is 1. The third-order valence-corrected chi connectivity index (χ3v) is 11.9. The Balaban J connectivity index is 1.96. The number of halogens is 1. The van der Waals surface area contributed by atoms with Crippen LogP contribution in [0.1, 0.15) is 80.6 Å². The van der Waals surface area contributed by atoms with Gasteiger partial charge in [-0.3, -0.25) is 9.59 Å². The highest BCUT2D eigenvalue weighted by Crippen LogP contribution is 2.37. The number of carbonyl (C=O) groups excluding carboxylic acids is 3. The van der Waals surface area contributed by atoms with Crippen molar-refractivity contribution in [2.24, 2.45) is 23.7 Å². The molecule has 0 amide bonds. The molecule has 0 aromatic heterocycles. The van der Waals surface area contributed by atoms with Crippen LogP contribution in [0.3, 0.4) is 0 Å². The Morgan fingerprint density at radius 1 is 1.04 bits per heavy atom. The van der Waals surface area contributed by atoms with Crippen LogP contribution in [0.4, 0.5) is 0 Å². The highest BCUT2D eigenvalue weighted by atomic mass is 127. The van der Waals surface area contributed by atoms with Gasteiger partial charge in [-0.25, -0.2) is 0 Å². The van der Waals surface area contributed by atoms with Gasteiger partial charge in [0.15, 0.2) is 18.4 Å². The third kappa shape index (κ3) is 11.6. The van der Waals surface area contributed by atoms with Crippen LogP contribution in [0, 0.1) is 23.7 Å². The lowest BCUT2D eigenvalue weighted by atomic mass is 9.79. The summed E-state index contributed by atoms with van der Waals surface area (Å²) in [5.41, 5.74) is -0.607. The normalized spacial score (nSPS) is 44.8. The average Bonchev–Trinajstić information content (AvgIpc) is 3.07. The fraction of sp³-hybridized carbons (Fsp3) is 0.816. The van der Waals surface area contributed by atoms with Gasteiger partial charge in [0.25, 0.3) is 0 Å². The summed E-state index contributed by atoms with van der Waals surface area (Å²) in [4.78, 5) is 40.5. The molecule has 0 aliphatic carbocycles. The van der Waals surface area contributed by atoms with E-state index in [1.807, 2.05) is 19.9 Å². The lowest BCUT2D eigenvalue weighted by Gasteiger charge is -2.50. The number of hydrogen-bond acceptors (Lipinski definition) is 13. The van der Waals surface area contributed by atoms with Crippen molar-refractivity contribution in [2.75, 3.05) is 18.5 Å². The molecule has 0 spiro atoms. The molecule has 1 unspecified atom stereocenters. The van der Waals surface area contributed by atoms with Crippen molar-refractivity contribution in [3.05, 3.63) is 23.8 Å². The molecule has 3 heterocycles. The van der Waals surface area contributed by atoms with E-state index in [-0.39, 0.29) is 37.4 Å². The zero-order chi connectivity index (χ0) is 39.1. The molecule has 0 aromatic rings. The quantitative estimate of drug-likeness (QED) is 0.115. The highest BCUT2D eigenvalue weighted by Gasteiger charge is 2.51. The fourth-order valence-electron chi connectivity index (χ4n) is 7.65. The number of likely N-dealkylation sites (N-methyl/N-ethyl adjacent to an activating group) is 1. The minimum absolute atomic E-state index is 0.00805. The second-order valence-electron chi connectivity index (χ2n) is 15.5. The Kier molecular flexibility index (Phi) is 17.3. The van der Waals surface area contributed by atoms with Crippen LogP contribution in [-0.4, -0.2) is 135 Å². The number of ketones is 1. The molecule has 4 N–H and O–H groups in total. The molecule has 16 atom stereocenters. The molecule has 0 radical (unpaired) electrons. The number of cyclic esters (lactones) is 1. The summed E-state index contributed by atoms with van der Waals surface area (Å²) in [6, 6.07) is -0.700. The molecule has 14 heteroatoms. The summed E-state index contributed by atoms with van der Waals surface area (Å²) in [6.07, 6.45) is -2.85. The number of allylic oxidation sites excluding steroid dienone is 3. The van der Waals surface area contributed by atoms with Crippen LogP contribution in [-0.2, 0) is 38.1 Å². The number of nitrogens with zero attached hydrogens (tertiary/aromatic N) is 1. The molecule has 0 aromatic carbocycles. The number of aliphatic hydroxyl groups excluding tert-OH is 3. The van der Waals surface area contributed by atoms with Crippen LogP contribution in [0.2, 0.25) is 0 Å².